The van der Waals surface area contributed by atoms with Crippen LogP contribution in [-0.2, 0) is 0 Å². The molecule has 0 fully saturated rings. The van der Waals surface area contributed by atoms with Crippen molar-refractivity contribution in [2.45, 2.75) is 6.92 Å². The van der Waals surface area contributed by atoms with E-state index in [4.69, 9.17) is 0 Å². The Kier molecular flexibility index (Phi) is 2.75. The number of imidazole rings is 1. The van der Waals surface area contributed by atoms with Gasteiger partial charge in [0, 0.05) is 25.3 Å². The lowest BCUT2D eigenvalue weighted by molar-refractivity contribution is 1.13. The molecule has 0 bridgehead atoms. The number of hydrogen-bond donors (Lipinski definition) is 1. The van der Waals surface area contributed by atoms with Gasteiger partial charge in [0.25, 0.3) is 0 Å². The predicted octanol–water partition coefficient (Wildman–Crippen LogP) is 3.60. The summed E-state index contributed by atoms with van der Waals surface area (Å²) in [5, 5.41) is 0. The van der Waals surface area contributed by atoms with Crippen molar-refractivity contribution in [1.29, 1.82) is 0 Å². The van der Waals surface area contributed by atoms with Gasteiger partial charge in [-0.05, 0) is 48.9 Å². The molecule has 0 aliphatic rings. The van der Waals surface area contributed by atoms with Crippen LogP contribution >= 0.6 is 0 Å². The maximum atomic E-state index is 4.63. The summed E-state index contributed by atoms with van der Waals surface area (Å²) in [7, 11) is 4.08. The minimum atomic E-state index is 0.922. The number of aryl methyl sites for hydroxylation is 1. The summed E-state index contributed by atoms with van der Waals surface area (Å²) in [5.74, 6) is 0.922. The summed E-state index contributed by atoms with van der Waals surface area (Å²) >= 11 is 0. The number of benzene rings is 2. The van der Waals surface area contributed by atoms with Gasteiger partial charge >= 0.3 is 0 Å². The molecule has 3 heteroatoms. The lowest BCUT2D eigenvalue weighted by Gasteiger charge is -2.11. The Hall–Kier alpha value is -2.29. The van der Waals surface area contributed by atoms with Gasteiger partial charge in [-0.2, -0.15) is 0 Å². The first kappa shape index (κ1) is 11.8. The van der Waals surface area contributed by atoms with Gasteiger partial charge in [-0.3, -0.25) is 0 Å². The normalized spacial score (nSPS) is 10.9. The zero-order chi connectivity index (χ0) is 13.4. The molecule has 0 saturated carbocycles. The SMILES string of the molecule is Cc1ccc2nc(-c3ccc(N(C)C)cc3)[nH]c2c1. The zero-order valence-electron chi connectivity index (χ0n) is 11.4. The highest BCUT2D eigenvalue weighted by molar-refractivity contribution is 5.80. The highest BCUT2D eigenvalue weighted by Gasteiger charge is 2.05. The fraction of sp³-hybridized carbons (Fsp3) is 0.188. The van der Waals surface area contributed by atoms with E-state index >= 15 is 0 Å². The zero-order valence-corrected chi connectivity index (χ0v) is 11.4. The van der Waals surface area contributed by atoms with E-state index in [2.05, 4.69) is 64.3 Å². The van der Waals surface area contributed by atoms with Crippen LogP contribution in [0.25, 0.3) is 22.4 Å². The Balaban J connectivity index is 2.03. The Morgan fingerprint density at radius 3 is 2.42 bits per heavy atom. The van der Waals surface area contributed by atoms with Crippen LogP contribution in [0.5, 0.6) is 0 Å². The third-order valence-electron chi connectivity index (χ3n) is 3.29. The molecule has 1 N–H and O–H groups in total. The van der Waals surface area contributed by atoms with Gasteiger partial charge in [0.15, 0.2) is 0 Å². The number of aromatic nitrogens is 2. The van der Waals surface area contributed by atoms with Crippen molar-refractivity contribution in [2.75, 3.05) is 19.0 Å². The van der Waals surface area contributed by atoms with E-state index in [0.29, 0.717) is 0 Å². The molecule has 1 heterocycles. The summed E-state index contributed by atoms with van der Waals surface area (Å²) in [6, 6.07) is 14.7. The average molecular weight is 251 g/mol. The quantitative estimate of drug-likeness (QED) is 0.754. The fourth-order valence-corrected chi connectivity index (χ4v) is 2.18. The van der Waals surface area contributed by atoms with Crippen molar-refractivity contribution in [3.8, 4) is 11.4 Å². The van der Waals surface area contributed by atoms with E-state index in [9.17, 15) is 0 Å². The second-order valence-electron chi connectivity index (χ2n) is 5.05. The highest BCUT2D eigenvalue weighted by atomic mass is 15.1. The molecule has 2 aromatic carbocycles. The van der Waals surface area contributed by atoms with Crippen LogP contribution in [0, 0.1) is 6.92 Å². The third-order valence-corrected chi connectivity index (χ3v) is 3.29. The molecule has 0 unspecified atom stereocenters. The van der Waals surface area contributed by atoms with E-state index in [1.54, 1.807) is 0 Å². The van der Waals surface area contributed by atoms with Crippen LogP contribution in [0.4, 0.5) is 5.69 Å². The van der Waals surface area contributed by atoms with Crippen molar-refractivity contribution < 1.29 is 0 Å². The molecule has 3 nitrogen and oxygen atoms in total. The second kappa shape index (κ2) is 4.43. The van der Waals surface area contributed by atoms with E-state index < -0.39 is 0 Å². The average Bonchev–Trinajstić information content (AvgIpc) is 2.81. The lowest BCUT2D eigenvalue weighted by atomic mass is 10.2. The van der Waals surface area contributed by atoms with E-state index in [1.165, 1.54) is 11.3 Å². The predicted molar refractivity (Wildman–Crippen MR) is 80.6 cm³/mol. The standard InChI is InChI=1S/C16H17N3/c1-11-4-9-14-15(10-11)18-16(17-14)12-5-7-13(8-6-12)19(2)3/h4-10H,1-3H3,(H,17,18). The third kappa shape index (κ3) is 2.19. The summed E-state index contributed by atoms with van der Waals surface area (Å²) in [4.78, 5) is 10.1. The van der Waals surface area contributed by atoms with Crippen LogP contribution < -0.4 is 4.90 Å². The van der Waals surface area contributed by atoms with Crippen molar-refractivity contribution in [1.82, 2.24) is 9.97 Å². The molecule has 3 aromatic rings. The number of anilines is 1. The first-order chi connectivity index (χ1) is 9.13. The van der Waals surface area contributed by atoms with Crippen molar-refractivity contribution in [3.05, 3.63) is 48.0 Å². The monoisotopic (exact) mass is 251 g/mol. The van der Waals surface area contributed by atoms with E-state index in [1.807, 2.05) is 14.1 Å². The van der Waals surface area contributed by atoms with Crippen molar-refractivity contribution in [2.24, 2.45) is 0 Å². The van der Waals surface area contributed by atoms with Gasteiger partial charge in [-0.15, -0.1) is 0 Å². The van der Waals surface area contributed by atoms with E-state index in [-0.39, 0.29) is 0 Å². The van der Waals surface area contributed by atoms with Crippen LogP contribution in [0.3, 0.4) is 0 Å². The minimum absolute atomic E-state index is 0.922. The van der Waals surface area contributed by atoms with Gasteiger partial charge in [-0.1, -0.05) is 6.07 Å². The molecule has 3 rings (SSSR count). The van der Waals surface area contributed by atoms with Crippen LogP contribution in [0.2, 0.25) is 0 Å². The molecule has 0 amide bonds. The first-order valence-corrected chi connectivity index (χ1v) is 6.37. The summed E-state index contributed by atoms with van der Waals surface area (Å²) < 4.78 is 0. The summed E-state index contributed by atoms with van der Waals surface area (Å²) in [6.45, 7) is 2.09. The molecule has 0 aliphatic heterocycles. The number of nitrogens with one attached hydrogen (secondary N) is 1. The van der Waals surface area contributed by atoms with Gasteiger partial charge in [0.05, 0.1) is 11.0 Å². The Morgan fingerprint density at radius 1 is 1.00 bits per heavy atom. The molecule has 19 heavy (non-hydrogen) atoms. The Morgan fingerprint density at radius 2 is 1.74 bits per heavy atom. The van der Waals surface area contributed by atoms with Crippen LogP contribution in [0.15, 0.2) is 42.5 Å². The lowest BCUT2D eigenvalue weighted by Crippen LogP contribution is -2.07. The van der Waals surface area contributed by atoms with Crippen LogP contribution in [0.1, 0.15) is 5.56 Å². The number of nitrogens with zero attached hydrogens (tertiary/aromatic N) is 2. The molecule has 1 aromatic heterocycles. The number of fused-ring (bicyclic) bond motifs is 1. The maximum Gasteiger partial charge on any atom is 0.138 e. The van der Waals surface area contributed by atoms with Crippen molar-refractivity contribution >= 4 is 16.7 Å². The molecular weight excluding hydrogens is 234 g/mol. The topological polar surface area (TPSA) is 31.9 Å². The maximum absolute atomic E-state index is 4.63. The largest absolute Gasteiger partial charge is 0.378 e. The fourth-order valence-electron chi connectivity index (χ4n) is 2.18. The second-order valence-corrected chi connectivity index (χ2v) is 5.05. The highest BCUT2D eigenvalue weighted by Crippen LogP contribution is 2.23. The van der Waals surface area contributed by atoms with Gasteiger partial charge < -0.3 is 9.88 Å². The minimum Gasteiger partial charge on any atom is -0.378 e. The number of H-pyrrole nitrogens is 1. The molecule has 0 radical (unpaired) electrons. The van der Waals surface area contributed by atoms with Crippen LogP contribution in [-0.4, -0.2) is 24.1 Å². The molecule has 96 valence electrons. The Labute approximate surface area is 112 Å². The smallest absolute Gasteiger partial charge is 0.138 e. The summed E-state index contributed by atoms with van der Waals surface area (Å²) in [5.41, 5.74) is 5.64. The number of rotatable bonds is 2. The van der Waals surface area contributed by atoms with Gasteiger partial charge in [0.1, 0.15) is 5.82 Å². The van der Waals surface area contributed by atoms with Crippen molar-refractivity contribution in [3.63, 3.8) is 0 Å². The number of hydrogen-bond acceptors (Lipinski definition) is 2. The first-order valence-electron chi connectivity index (χ1n) is 6.37. The van der Waals surface area contributed by atoms with Gasteiger partial charge in [0.2, 0.25) is 0 Å². The van der Waals surface area contributed by atoms with E-state index in [0.717, 1.165) is 22.4 Å². The summed E-state index contributed by atoms with van der Waals surface area (Å²) in [6.07, 6.45) is 0. The molecule has 0 spiro atoms. The molecule has 0 atom stereocenters. The molecule has 0 aliphatic carbocycles. The van der Waals surface area contributed by atoms with Gasteiger partial charge in [-0.25, -0.2) is 4.98 Å². The Bertz CT molecular complexity index is 708. The molecular formula is C16H17N3. The number of aromatic amines is 1. The molecule has 0 saturated heterocycles.